The molecule has 126 valence electrons. The Morgan fingerprint density at radius 2 is 1.78 bits per heavy atom. The highest BCUT2D eigenvalue weighted by Crippen LogP contribution is 2.38. The highest BCUT2D eigenvalue weighted by Gasteiger charge is 2.26. The fraction of sp³-hybridized carbons (Fsp3) is 0.632. The molecular weight excluding hydrogens is 286 g/mol. The first-order chi connectivity index (χ1) is 11.2. The molecule has 1 N–H and O–H groups in total. The Balaban J connectivity index is 1.70. The van der Waals surface area contributed by atoms with Crippen molar-refractivity contribution in [3.8, 4) is 0 Å². The zero-order chi connectivity index (χ0) is 16.5. The van der Waals surface area contributed by atoms with Crippen LogP contribution in [0, 0.1) is 17.8 Å². The fourth-order valence-electron chi connectivity index (χ4n) is 3.65. The van der Waals surface area contributed by atoms with Crippen molar-refractivity contribution < 1.29 is 4.79 Å². The Kier molecular flexibility index (Phi) is 7.24. The minimum absolute atomic E-state index is 0.182. The van der Waals surface area contributed by atoms with Gasteiger partial charge in [0.05, 0.1) is 0 Å². The van der Waals surface area contributed by atoms with E-state index in [2.05, 4.69) is 29.4 Å². The standard InChI is InChI=1S/C19H29N3O/c1-3-15-12-16(4-2)14-17(13-15)6-5-9-21-22-19(23)18-7-10-20-11-8-18/h7-11,15-17H,3-6,12-14H2,1-2H3,(H,22,23)/b21-9-. The van der Waals surface area contributed by atoms with Gasteiger partial charge in [-0.05, 0) is 62.0 Å². The van der Waals surface area contributed by atoms with Crippen LogP contribution >= 0.6 is 0 Å². The van der Waals surface area contributed by atoms with Crippen molar-refractivity contribution in [1.82, 2.24) is 10.4 Å². The summed E-state index contributed by atoms with van der Waals surface area (Å²) in [6, 6.07) is 3.37. The van der Waals surface area contributed by atoms with Crippen LogP contribution < -0.4 is 5.43 Å². The van der Waals surface area contributed by atoms with Crippen LogP contribution in [0.5, 0.6) is 0 Å². The van der Waals surface area contributed by atoms with Crippen molar-refractivity contribution in [3.05, 3.63) is 30.1 Å². The second kappa shape index (κ2) is 9.43. The van der Waals surface area contributed by atoms with Gasteiger partial charge in [-0.1, -0.05) is 26.7 Å². The van der Waals surface area contributed by atoms with Gasteiger partial charge < -0.3 is 0 Å². The first-order valence-corrected chi connectivity index (χ1v) is 8.94. The van der Waals surface area contributed by atoms with Crippen LogP contribution in [0.15, 0.2) is 29.6 Å². The molecule has 1 aromatic rings. The molecule has 1 heterocycles. The Hall–Kier alpha value is -1.71. The summed E-state index contributed by atoms with van der Waals surface area (Å²) < 4.78 is 0. The van der Waals surface area contributed by atoms with Crippen molar-refractivity contribution >= 4 is 12.1 Å². The molecular formula is C19H29N3O. The number of carbonyl (C=O) groups is 1. The van der Waals surface area contributed by atoms with Crippen LogP contribution in [0.2, 0.25) is 0 Å². The Morgan fingerprint density at radius 1 is 1.17 bits per heavy atom. The van der Waals surface area contributed by atoms with E-state index in [1.807, 2.05) is 6.21 Å². The Bertz CT molecular complexity index is 489. The van der Waals surface area contributed by atoms with Gasteiger partial charge in [-0.2, -0.15) is 5.10 Å². The van der Waals surface area contributed by atoms with Crippen LogP contribution in [-0.2, 0) is 0 Å². The fourth-order valence-corrected chi connectivity index (χ4v) is 3.65. The normalized spacial score (nSPS) is 24.7. The molecule has 2 rings (SSSR count). The van der Waals surface area contributed by atoms with Crippen LogP contribution in [0.1, 0.15) is 69.2 Å². The first-order valence-electron chi connectivity index (χ1n) is 8.94. The number of hydrazone groups is 1. The molecule has 1 saturated carbocycles. The zero-order valence-electron chi connectivity index (χ0n) is 14.4. The largest absolute Gasteiger partial charge is 0.271 e. The van der Waals surface area contributed by atoms with E-state index < -0.39 is 0 Å². The summed E-state index contributed by atoms with van der Waals surface area (Å²) in [5, 5.41) is 4.07. The second-order valence-corrected chi connectivity index (χ2v) is 6.69. The van der Waals surface area contributed by atoms with Gasteiger partial charge >= 0.3 is 0 Å². The number of nitrogens with zero attached hydrogens (tertiary/aromatic N) is 2. The number of carbonyl (C=O) groups excluding carboxylic acids is 1. The third kappa shape index (κ3) is 5.77. The van der Waals surface area contributed by atoms with Crippen molar-refractivity contribution in [1.29, 1.82) is 0 Å². The maximum Gasteiger partial charge on any atom is 0.271 e. The van der Waals surface area contributed by atoms with Crippen molar-refractivity contribution in [2.75, 3.05) is 0 Å². The summed E-state index contributed by atoms with van der Waals surface area (Å²) >= 11 is 0. The molecule has 4 heteroatoms. The molecule has 0 saturated heterocycles. The predicted octanol–water partition coefficient (Wildman–Crippen LogP) is 4.43. The van der Waals surface area contributed by atoms with E-state index in [0.717, 1.165) is 24.2 Å². The van der Waals surface area contributed by atoms with Crippen molar-refractivity contribution in [2.45, 2.75) is 58.8 Å². The summed E-state index contributed by atoms with van der Waals surface area (Å²) in [4.78, 5) is 15.7. The minimum Gasteiger partial charge on any atom is -0.267 e. The minimum atomic E-state index is -0.182. The van der Waals surface area contributed by atoms with Gasteiger partial charge in [0.2, 0.25) is 0 Å². The smallest absolute Gasteiger partial charge is 0.267 e. The lowest BCUT2D eigenvalue weighted by Gasteiger charge is -2.34. The highest BCUT2D eigenvalue weighted by molar-refractivity contribution is 5.94. The third-order valence-electron chi connectivity index (χ3n) is 5.06. The molecule has 23 heavy (non-hydrogen) atoms. The maximum atomic E-state index is 11.8. The van der Waals surface area contributed by atoms with E-state index in [-0.39, 0.29) is 5.91 Å². The van der Waals surface area contributed by atoms with Crippen LogP contribution in [0.4, 0.5) is 0 Å². The summed E-state index contributed by atoms with van der Waals surface area (Å²) in [6.45, 7) is 4.63. The zero-order valence-corrected chi connectivity index (χ0v) is 14.4. The molecule has 2 unspecified atom stereocenters. The Morgan fingerprint density at radius 3 is 2.39 bits per heavy atom. The second-order valence-electron chi connectivity index (χ2n) is 6.69. The van der Waals surface area contributed by atoms with Crippen LogP contribution in [0.3, 0.4) is 0 Å². The lowest BCUT2D eigenvalue weighted by atomic mass is 9.72. The molecule has 0 spiro atoms. The summed E-state index contributed by atoms with van der Waals surface area (Å²) in [5.41, 5.74) is 3.16. The van der Waals surface area contributed by atoms with Crippen molar-refractivity contribution in [3.63, 3.8) is 0 Å². The average Bonchev–Trinajstić information content (AvgIpc) is 2.61. The molecule has 1 fully saturated rings. The lowest BCUT2D eigenvalue weighted by Crippen LogP contribution is -2.22. The summed E-state index contributed by atoms with van der Waals surface area (Å²) in [6.07, 6.45) is 13.9. The van der Waals surface area contributed by atoms with Gasteiger partial charge in [0.25, 0.3) is 5.91 Å². The van der Waals surface area contributed by atoms with Gasteiger partial charge in [0.1, 0.15) is 0 Å². The summed E-state index contributed by atoms with van der Waals surface area (Å²) in [5.74, 6) is 2.45. The molecule has 0 aromatic carbocycles. The molecule has 1 aliphatic carbocycles. The molecule has 0 radical (unpaired) electrons. The number of rotatable bonds is 7. The van der Waals surface area contributed by atoms with Gasteiger partial charge in [-0.15, -0.1) is 0 Å². The summed E-state index contributed by atoms with van der Waals surface area (Å²) in [7, 11) is 0. The van der Waals surface area contributed by atoms with Gasteiger partial charge in [0, 0.05) is 24.2 Å². The average molecular weight is 315 g/mol. The molecule has 1 amide bonds. The first kappa shape index (κ1) is 17.6. The number of hydrogen-bond acceptors (Lipinski definition) is 3. The number of pyridine rings is 1. The number of hydrogen-bond donors (Lipinski definition) is 1. The SMILES string of the molecule is CCC1CC(CC)CC(CC/C=N\NC(=O)c2ccncc2)C1. The predicted molar refractivity (Wildman–Crippen MR) is 94.3 cm³/mol. The van der Waals surface area contributed by atoms with E-state index in [1.54, 1.807) is 24.5 Å². The lowest BCUT2D eigenvalue weighted by molar-refractivity contribution is 0.0955. The molecule has 0 bridgehead atoms. The number of nitrogens with one attached hydrogen (secondary N) is 1. The van der Waals surface area contributed by atoms with Gasteiger partial charge in [-0.25, -0.2) is 5.43 Å². The number of amides is 1. The Labute approximate surface area is 139 Å². The van der Waals surface area contributed by atoms with Gasteiger partial charge in [0.15, 0.2) is 0 Å². The van der Waals surface area contributed by atoms with Crippen LogP contribution in [-0.4, -0.2) is 17.1 Å². The van der Waals surface area contributed by atoms with E-state index in [9.17, 15) is 4.79 Å². The molecule has 1 aromatic heterocycles. The number of aromatic nitrogens is 1. The molecule has 1 aliphatic rings. The van der Waals surface area contributed by atoms with Gasteiger partial charge in [-0.3, -0.25) is 9.78 Å². The van der Waals surface area contributed by atoms with Crippen LogP contribution in [0.25, 0.3) is 0 Å². The monoisotopic (exact) mass is 315 g/mol. The van der Waals surface area contributed by atoms with E-state index in [0.29, 0.717) is 5.56 Å². The third-order valence-corrected chi connectivity index (χ3v) is 5.06. The van der Waals surface area contributed by atoms with E-state index in [1.165, 1.54) is 38.5 Å². The van der Waals surface area contributed by atoms with E-state index in [4.69, 9.17) is 0 Å². The molecule has 0 aliphatic heterocycles. The van der Waals surface area contributed by atoms with Crippen molar-refractivity contribution in [2.24, 2.45) is 22.9 Å². The van der Waals surface area contributed by atoms with E-state index >= 15 is 0 Å². The quantitative estimate of drug-likeness (QED) is 0.598. The molecule has 2 atom stereocenters. The highest BCUT2D eigenvalue weighted by atomic mass is 16.2. The maximum absolute atomic E-state index is 11.8. The molecule has 4 nitrogen and oxygen atoms in total. The topological polar surface area (TPSA) is 54.4 Å².